The van der Waals surface area contributed by atoms with Crippen LogP contribution in [0.1, 0.15) is 22.0 Å². The first-order valence-corrected chi connectivity index (χ1v) is 7.73. The molecule has 1 amide bonds. The highest BCUT2D eigenvalue weighted by atomic mass is 35.5. The van der Waals surface area contributed by atoms with E-state index < -0.39 is 16.9 Å². The van der Waals surface area contributed by atoms with Crippen molar-refractivity contribution in [3.8, 4) is 5.75 Å². The standard InChI is InChI=1S/C17H17ClN2O5/c1-24-15-6-4-3-5-12(15)16(25-2)10-19-17(21)13-9-11(20(22)23)7-8-14(13)18/h3-9,16H,10H2,1-2H3,(H,19,21). The Hall–Kier alpha value is -2.64. The van der Waals surface area contributed by atoms with Crippen molar-refractivity contribution in [3.05, 3.63) is 68.7 Å². The summed E-state index contributed by atoms with van der Waals surface area (Å²) in [5.41, 5.74) is 0.603. The molecule has 2 rings (SSSR count). The number of nitrogens with zero attached hydrogens (tertiary/aromatic N) is 1. The molecule has 1 unspecified atom stereocenters. The molecule has 2 aromatic carbocycles. The number of hydrogen-bond donors (Lipinski definition) is 1. The number of ether oxygens (including phenoxy) is 2. The average molecular weight is 365 g/mol. The van der Waals surface area contributed by atoms with Gasteiger partial charge in [0, 0.05) is 31.4 Å². The Balaban J connectivity index is 2.15. The van der Waals surface area contributed by atoms with E-state index in [1.807, 2.05) is 18.2 Å². The first kappa shape index (κ1) is 18.7. The van der Waals surface area contributed by atoms with Crippen LogP contribution in [0.4, 0.5) is 5.69 Å². The summed E-state index contributed by atoms with van der Waals surface area (Å²) in [4.78, 5) is 22.6. The molecule has 0 heterocycles. The van der Waals surface area contributed by atoms with E-state index in [1.54, 1.807) is 13.2 Å². The van der Waals surface area contributed by atoms with Crippen LogP contribution in [0.3, 0.4) is 0 Å². The molecule has 7 nitrogen and oxygen atoms in total. The zero-order valence-corrected chi connectivity index (χ0v) is 14.4. The number of methoxy groups -OCH3 is 2. The number of benzene rings is 2. The van der Waals surface area contributed by atoms with Crippen molar-refractivity contribution >= 4 is 23.2 Å². The monoisotopic (exact) mass is 364 g/mol. The van der Waals surface area contributed by atoms with Gasteiger partial charge in [0.1, 0.15) is 11.9 Å². The van der Waals surface area contributed by atoms with Gasteiger partial charge in [-0.2, -0.15) is 0 Å². The van der Waals surface area contributed by atoms with Crippen LogP contribution in [0.25, 0.3) is 0 Å². The molecular formula is C17H17ClN2O5. The van der Waals surface area contributed by atoms with Crippen molar-refractivity contribution in [2.45, 2.75) is 6.10 Å². The predicted octanol–water partition coefficient (Wildman–Crippen LogP) is 3.37. The molecule has 0 saturated carbocycles. The lowest BCUT2D eigenvalue weighted by Gasteiger charge is -2.19. The van der Waals surface area contributed by atoms with Crippen LogP contribution >= 0.6 is 11.6 Å². The number of nitro groups is 1. The van der Waals surface area contributed by atoms with E-state index in [9.17, 15) is 14.9 Å². The summed E-state index contributed by atoms with van der Waals surface area (Å²) < 4.78 is 10.7. The zero-order chi connectivity index (χ0) is 18.4. The summed E-state index contributed by atoms with van der Waals surface area (Å²) in [6.07, 6.45) is -0.447. The van der Waals surface area contributed by atoms with Crippen molar-refractivity contribution in [3.63, 3.8) is 0 Å². The second-order valence-corrected chi connectivity index (χ2v) is 5.50. The number of hydrogen-bond acceptors (Lipinski definition) is 5. The maximum absolute atomic E-state index is 12.3. The van der Waals surface area contributed by atoms with Gasteiger partial charge in [-0.15, -0.1) is 0 Å². The number of amides is 1. The second-order valence-electron chi connectivity index (χ2n) is 5.10. The van der Waals surface area contributed by atoms with E-state index in [0.29, 0.717) is 5.75 Å². The minimum Gasteiger partial charge on any atom is -0.496 e. The van der Waals surface area contributed by atoms with E-state index >= 15 is 0 Å². The molecule has 132 valence electrons. The molecule has 0 aliphatic carbocycles. The van der Waals surface area contributed by atoms with Crippen LogP contribution < -0.4 is 10.1 Å². The first-order valence-electron chi connectivity index (χ1n) is 7.35. The van der Waals surface area contributed by atoms with Crippen molar-refractivity contribution in [2.75, 3.05) is 20.8 Å². The molecule has 0 saturated heterocycles. The SMILES string of the molecule is COc1ccccc1C(CNC(=O)c1cc([N+](=O)[O-])ccc1Cl)OC. The quantitative estimate of drug-likeness (QED) is 0.600. The lowest BCUT2D eigenvalue weighted by Crippen LogP contribution is -2.29. The highest BCUT2D eigenvalue weighted by Gasteiger charge is 2.19. The normalized spacial score (nSPS) is 11.6. The largest absolute Gasteiger partial charge is 0.496 e. The molecule has 0 fully saturated rings. The molecule has 0 aliphatic rings. The number of halogens is 1. The maximum atomic E-state index is 12.3. The Bertz CT molecular complexity index is 781. The van der Waals surface area contributed by atoms with Gasteiger partial charge in [0.2, 0.25) is 0 Å². The number of carbonyl (C=O) groups excluding carboxylic acids is 1. The van der Waals surface area contributed by atoms with Crippen LogP contribution in [0, 0.1) is 10.1 Å². The molecule has 1 N–H and O–H groups in total. The minimum atomic E-state index is -0.583. The fourth-order valence-electron chi connectivity index (χ4n) is 2.33. The average Bonchev–Trinajstić information content (AvgIpc) is 2.62. The number of rotatable bonds is 7. The van der Waals surface area contributed by atoms with Gasteiger partial charge >= 0.3 is 0 Å². The van der Waals surface area contributed by atoms with Crippen LogP contribution in [0.2, 0.25) is 5.02 Å². The van der Waals surface area contributed by atoms with Crippen molar-refractivity contribution in [2.24, 2.45) is 0 Å². The predicted molar refractivity (Wildman–Crippen MR) is 93.2 cm³/mol. The van der Waals surface area contributed by atoms with Gasteiger partial charge in [-0.3, -0.25) is 14.9 Å². The second kappa shape index (κ2) is 8.46. The zero-order valence-electron chi connectivity index (χ0n) is 13.7. The summed E-state index contributed by atoms with van der Waals surface area (Å²) in [6, 6.07) is 11.0. The van der Waals surface area contributed by atoms with Gasteiger partial charge in [-0.25, -0.2) is 0 Å². The summed E-state index contributed by atoms with van der Waals surface area (Å²) >= 11 is 5.97. The van der Waals surface area contributed by atoms with Gasteiger partial charge in [-0.05, 0) is 12.1 Å². The summed E-state index contributed by atoms with van der Waals surface area (Å²) in [5.74, 6) is 0.114. The molecular weight excluding hydrogens is 348 g/mol. The Morgan fingerprint density at radius 1 is 1.28 bits per heavy atom. The van der Waals surface area contributed by atoms with Crippen molar-refractivity contribution < 1.29 is 19.2 Å². The lowest BCUT2D eigenvalue weighted by atomic mass is 10.1. The summed E-state index contributed by atoms with van der Waals surface area (Å²) in [5, 5.41) is 13.7. The summed E-state index contributed by atoms with van der Waals surface area (Å²) in [7, 11) is 3.07. The maximum Gasteiger partial charge on any atom is 0.270 e. The highest BCUT2D eigenvalue weighted by Crippen LogP contribution is 2.27. The van der Waals surface area contributed by atoms with Gasteiger partial charge in [0.25, 0.3) is 11.6 Å². The smallest absolute Gasteiger partial charge is 0.270 e. The van der Waals surface area contributed by atoms with E-state index in [4.69, 9.17) is 21.1 Å². The number of nitro benzene ring substituents is 1. The molecule has 2 aromatic rings. The summed E-state index contributed by atoms with van der Waals surface area (Å²) in [6.45, 7) is 0.148. The Morgan fingerprint density at radius 2 is 2.00 bits per heavy atom. The highest BCUT2D eigenvalue weighted by molar-refractivity contribution is 6.33. The van der Waals surface area contributed by atoms with Crippen LogP contribution in [0.5, 0.6) is 5.75 Å². The molecule has 8 heteroatoms. The van der Waals surface area contributed by atoms with Gasteiger partial charge < -0.3 is 14.8 Å². The number of nitrogens with one attached hydrogen (secondary N) is 1. The number of carbonyl (C=O) groups is 1. The van der Waals surface area contributed by atoms with Gasteiger partial charge in [0.05, 0.1) is 22.6 Å². The molecule has 0 bridgehead atoms. The van der Waals surface area contributed by atoms with Crippen LogP contribution in [0.15, 0.2) is 42.5 Å². The minimum absolute atomic E-state index is 0.0331. The van der Waals surface area contributed by atoms with E-state index in [2.05, 4.69) is 5.32 Å². The molecule has 0 aliphatic heterocycles. The molecule has 0 spiro atoms. The Kier molecular flexibility index (Phi) is 6.32. The van der Waals surface area contributed by atoms with Crippen molar-refractivity contribution in [1.82, 2.24) is 5.32 Å². The third kappa shape index (κ3) is 4.46. The lowest BCUT2D eigenvalue weighted by molar-refractivity contribution is -0.384. The fraction of sp³-hybridized carbons (Fsp3) is 0.235. The third-order valence-electron chi connectivity index (χ3n) is 3.62. The van der Waals surface area contributed by atoms with Crippen LogP contribution in [-0.4, -0.2) is 31.6 Å². The van der Waals surface area contributed by atoms with Gasteiger partial charge in [0.15, 0.2) is 0 Å². The number of non-ortho nitro benzene ring substituents is 1. The first-order chi connectivity index (χ1) is 12.0. The van der Waals surface area contributed by atoms with E-state index in [0.717, 1.165) is 11.6 Å². The van der Waals surface area contributed by atoms with E-state index in [-0.39, 0.29) is 22.8 Å². The van der Waals surface area contributed by atoms with E-state index in [1.165, 1.54) is 19.2 Å². The number of para-hydroxylation sites is 1. The van der Waals surface area contributed by atoms with Gasteiger partial charge in [-0.1, -0.05) is 29.8 Å². The van der Waals surface area contributed by atoms with Crippen LogP contribution in [-0.2, 0) is 4.74 Å². The Labute approximate surface area is 149 Å². The third-order valence-corrected chi connectivity index (χ3v) is 3.95. The molecule has 1 atom stereocenters. The molecule has 0 radical (unpaired) electrons. The Morgan fingerprint density at radius 3 is 2.64 bits per heavy atom. The van der Waals surface area contributed by atoms with Crippen molar-refractivity contribution in [1.29, 1.82) is 0 Å². The fourth-order valence-corrected chi connectivity index (χ4v) is 2.54. The molecule has 0 aromatic heterocycles. The molecule has 25 heavy (non-hydrogen) atoms. The topological polar surface area (TPSA) is 90.7 Å².